The highest BCUT2D eigenvalue weighted by Crippen LogP contribution is 2.27. The van der Waals surface area contributed by atoms with E-state index >= 15 is 0 Å². The van der Waals surface area contributed by atoms with Gasteiger partial charge in [0.1, 0.15) is 0 Å². The Kier molecular flexibility index (Phi) is 2.63. The summed E-state index contributed by atoms with van der Waals surface area (Å²) in [4.78, 5) is 31.3. The second kappa shape index (κ2) is 4.17. The Balaban J connectivity index is 1.79. The van der Waals surface area contributed by atoms with Crippen molar-refractivity contribution in [2.24, 2.45) is 0 Å². The lowest BCUT2D eigenvalue weighted by atomic mass is 10.0. The van der Waals surface area contributed by atoms with Gasteiger partial charge in [0.15, 0.2) is 0 Å². The number of imide groups is 1. The molecule has 1 atom stereocenters. The molecule has 0 bridgehead atoms. The second-order valence-electron chi connectivity index (χ2n) is 4.86. The highest BCUT2D eigenvalue weighted by atomic mass is 16.2. The van der Waals surface area contributed by atoms with Gasteiger partial charge in [0.05, 0.1) is 11.7 Å². The minimum absolute atomic E-state index is 0.0777. The van der Waals surface area contributed by atoms with Gasteiger partial charge >= 0.3 is 0 Å². The summed E-state index contributed by atoms with van der Waals surface area (Å²) in [6.45, 7) is 1.45. The molecule has 18 heavy (non-hydrogen) atoms. The number of carbonyl (C=O) groups excluding carboxylic acids is 2. The van der Waals surface area contributed by atoms with Gasteiger partial charge < -0.3 is 0 Å². The predicted molar refractivity (Wildman–Crippen MR) is 64.3 cm³/mol. The third-order valence-electron chi connectivity index (χ3n) is 3.77. The molecule has 1 saturated heterocycles. The molecule has 1 fully saturated rings. The van der Waals surface area contributed by atoms with Crippen LogP contribution in [0.25, 0.3) is 0 Å². The summed E-state index contributed by atoms with van der Waals surface area (Å²) < 4.78 is 0. The van der Waals surface area contributed by atoms with Crippen molar-refractivity contribution in [1.29, 1.82) is 0 Å². The SMILES string of the molecule is CN1C(=O)CCC(N2Cc3cccnc3C2)C1=O. The minimum Gasteiger partial charge on any atom is -0.284 e. The Labute approximate surface area is 105 Å². The average Bonchev–Trinajstić information content (AvgIpc) is 2.79. The zero-order valence-corrected chi connectivity index (χ0v) is 10.3. The number of hydrogen-bond acceptors (Lipinski definition) is 4. The quantitative estimate of drug-likeness (QED) is 0.678. The number of rotatable bonds is 1. The van der Waals surface area contributed by atoms with Gasteiger partial charge in [-0.05, 0) is 18.1 Å². The molecular formula is C13H15N3O2. The van der Waals surface area contributed by atoms with E-state index in [1.165, 1.54) is 10.5 Å². The molecule has 1 aromatic rings. The molecule has 2 aliphatic rings. The van der Waals surface area contributed by atoms with Crippen LogP contribution >= 0.6 is 0 Å². The maximum atomic E-state index is 12.1. The van der Waals surface area contributed by atoms with Gasteiger partial charge in [-0.25, -0.2) is 0 Å². The van der Waals surface area contributed by atoms with Crippen LogP contribution in [0.15, 0.2) is 18.3 Å². The summed E-state index contributed by atoms with van der Waals surface area (Å²) in [7, 11) is 1.57. The summed E-state index contributed by atoms with van der Waals surface area (Å²) in [5.74, 6) is -0.162. The number of likely N-dealkylation sites (N-methyl/N-ethyl adjacent to an activating group) is 1. The van der Waals surface area contributed by atoms with Crippen molar-refractivity contribution in [2.75, 3.05) is 7.05 Å². The van der Waals surface area contributed by atoms with Crippen LogP contribution in [0.3, 0.4) is 0 Å². The van der Waals surface area contributed by atoms with Gasteiger partial charge in [0, 0.05) is 32.8 Å². The normalized spacial score (nSPS) is 24.5. The monoisotopic (exact) mass is 245 g/mol. The molecule has 0 aromatic carbocycles. The summed E-state index contributed by atoms with van der Waals surface area (Å²) in [6.07, 6.45) is 2.85. The van der Waals surface area contributed by atoms with Crippen LogP contribution in [-0.4, -0.2) is 39.7 Å². The van der Waals surface area contributed by atoms with Gasteiger partial charge in [0.25, 0.3) is 0 Å². The van der Waals surface area contributed by atoms with Crippen LogP contribution in [0, 0.1) is 0 Å². The van der Waals surface area contributed by atoms with Crippen molar-refractivity contribution in [1.82, 2.24) is 14.8 Å². The molecule has 3 rings (SSSR count). The van der Waals surface area contributed by atoms with E-state index in [-0.39, 0.29) is 17.9 Å². The first-order valence-electron chi connectivity index (χ1n) is 6.14. The standard InChI is InChI=1S/C13H15N3O2/c1-15-12(17)5-4-11(13(15)18)16-7-9-3-2-6-14-10(9)8-16/h2-3,6,11H,4-5,7-8H2,1H3. The number of amides is 2. The van der Waals surface area contributed by atoms with Gasteiger partial charge in [-0.3, -0.25) is 24.4 Å². The maximum absolute atomic E-state index is 12.1. The summed E-state index contributed by atoms with van der Waals surface area (Å²) in [5.41, 5.74) is 2.23. The lowest BCUT2D eigenvalue weighted by Crippen LogP contribution is -2.51. The Bertz CT molecular complexity index is 490. The molecule has 2 amide bonds. The smallest absolute Gasteiger partial charge is 0.246 e. The van der Waals surface area contributed by atoms with Gasteiger partial charge in [-0.1, -0.05) is 6.07 Å². The molecule has 2 aliphatic heterocycles. The third kappa shape index (κ3) is 1.71. The van der Waals surface area contributed by atoms with E-state index in [4.69, 9.17) is 0 Å². The zero-order valence-electron chi connectivity index (χ0n) is 10.3. The van der Waals surface area contributed by atoms with Crippen molar-refractivity contribution in [3.05, 3.63) is 29.6 Å². The first-order valence-corrected chi connectivity index (χ1v) is 6.14. The number of nitrogens with zero attached hydrogens (tertiary/aromatic N) is 3. The third-order valence-corrected chi connectivity index (χ3v) is 3.77. The number of likely N-dealkylation sites (tertiary alicyclic amines) is 1. The molecule has 3 heterocycles. The lowest BCUT2D eigenvalue weighted by Gasteiger charge is -2.33. The van der Waals surface area contributed by atoms with Gasteiger partial charge in [0.2, 0.25) is 11.8 Å². The lowest BCUT2D eigenvalue weighted by molar-refractivity contribution is -0.151. The van der Waals surface area contributed by atoms with Crippen LogP contribution in [0.5, 0.6) is 0 Å². The molecule has 5 nitrogen and oxygen atoms in total. The zero-order chi connectivity index (χ0) is 12.7. The molecule has 0 radical (unpaired) electrons. The van der Waals surface area contributed by atoms with Crippen LogP contribution in [0.2, 0.25) is 0 Å². The molecule has 0 saturated carbocycles. The Morgan fingerprint density at radius 2 is 2.17 bits per heavy atom. The fourth-order valence-electron chi connectivity index (χ4n) is 2.68. The van der Waals surface area contributed by atoms with Crippen LogP contribution < -0.4 is 0 Å². The fourth-order valence-corrected chi connectivity index (χ4v) is 2.68. The Morgan fingerprint density at radius 1 is 1.33 bits per heavy atom. The Morgan fingerprint density at radius 3 is 2.94 bits per heavy atom. The number of piperidine rings is 1. The van der Waals surface area contributed by atoms with Crippen LogP contribution in [0.4, 0.5) is 0 Å². The largest absolute Gasteiger partial charge is 0.284 e. The first kappa shape index (κ1) is 11.3. The molecule has 0 N–H and O–H groups in total. The summed E-state index contributed by atoms with van der Waals surface area (Å²) >= 11 is 0. The minimum atomic E-state index is -0.179. The molecule has 0 aliphatic carbocycles. The maximum Gasteiger partial charge on any atom is 0.246 e. The second-order valence-corrected chi connectivity index (χ2v) is 4.86. The first-order chi connectivity index (χ1) is 8.66. The van der Waals surface area contributed by atoms with Crippen molar-refractivity contribution < 1.29 is 9.59 Å². The molecular weight excluding hydrogens is 230 g/mol. The van der Waals surface area contributed by atoms with E-state index in [2.05, 4.69) is 9.88 Å². The molecule has 1 aromatic heterocycles. The average molecular weight is 245 g/mol. The molecule has 1 unspecified atom stereocenters. The molecule has 0 spiro atoms. The van der Waals surface area contributed by atoms with Crippen LogP contribution in [0.1, 0.15) is 24.1 Å². The highest BCUT2D eigenvalue weighted by molar-refractivity contribution is 6.00. The Hall–Kier alpha value is -1.75. The van der Waals surface area contributed by atoms with Crippen molar-refractivity contribution in [3.8, 4) is 0 Å². The number of aromatic nitrogens is 1. The van der Waals surface area contributed by atoms with E-state index in [1.807, 2.05) is 12.1 Å². The van der Waals surface area contributed by atoms with Crippen molar-refractivity contribution in [2.45, 2.75) is 32.0 Å². The van der Waals surface area contributed by atoms with E-state index < -0.39 is 0 Å². The highest BCUT2D eigenvalue weighted by Gasteiger charge is 2.37. The molecule has 5 heteroatoms. The fraction of sp³-hybridized carbons (Fsp3) is 0.462. The van der Waals surface area contributed by atoms with Crippen molar-refractivity contribution in [3.63, 3.8) is 0 Å². The number of pyridine rings is 1. The van der Waals surface area contributed by atoms with E-state index in [0.717, 1.165) is 12.2 Å². The van der Waals surface area contributed by atoms with E-state index in [9.17, 15) is 9.59 Å². The van der Waals surface area contributed by atoms with Gasteiger partial charge in [-0.15, -0.1) is 0 Å². The predicted octanol–water partition coefficient (Wildman–Crippen LogP) is 0.545. The number of hydrogen-bond donors (Lipinski definition) is 0. The molecule has 94 valence electrons. The summed E-state index contributed by atoms with van der Waals surface area (Å²) in [6, 6.07) is 3.78. The summed E-state index contributed by atoms with van der Waals surface area (Å²) in [5, 5.41) is 0. The topological polar surface area (TPSA) is 53.5 Å². The van der Waals surface area contributed by atoms with E-state index in [1.54, 1.807) is 13.2 Å². The van der Waals surface area contributed by atoms with Crippen LogP contribution in [-0.2, 0) is 22.7 Å². The number of fused-ring (bicyclic) bond motifs is 1. The van der Waals surface area contributed by atoms with Gasteiger partial charge in [-0.2, -0.15) is 0 Å². The van der Waals surface area contributed by atoms with Crippen molar-refractivity contribution >= 4 is 11.8 Å². The van der Waals surface area contributed by atoms with E-state index in [0.29, 0.717) is 19.4 Å². The number of carbonyl (C=O) groups is 2.